The van der Waals surface area contributed by atoms with Crippen molar-refractivity contribution in [3.05, 3.63) is 59.7 Å². The van der Waals surface area contributed by atoms with Crippen LogP contribution >= 0.6 is 11.3 Å². The van der Waals surface area contributed by atoms with Crippen molar-refractivity contribution < 1.29 is 9.90 Å². The van der Waals surface area contributed by atoms with Gasteiger partial charge < -0.3 is 5.11 Å². The number of nitrogens with zero attached hydrogens (tertiary/aromatic N) is 2. The third-order valence-electron chi connectivity index (χ3n) is 2.98. The van der Waals surface area contributed by atoms with Gasteiger partial charge in [-0.3, -0.25) is 9.78 Å². The highest BCUT2D eigenvalue weighted by Gasteiger charge is 2.16. The molecule has 0 aliphatic carbocycles. The summed E-state index contributed by atoms with van der Waals surface area (Å²) >= 11 is 1.42. The second-order valence-electron chi connectivity index (χ2n) is 4.46. The van der Waals surface area contributed by atoms with Gasteiger partial charge in [0, 0.05) is 28.4 Å². The summed E-state index contributed by atoms with van der Waals surface area (Å²) < 4.78 is 0. The minimum Gasteiger partial charge on any atom is -0.481 e. The maximum absolute atomic E-state index is 11.1. The first kappa shape index (κ1) is 13.5. The van der Waals surface area contributed by atoms with Gasteiger partial charge in [-0.05, 0) is 12.1 Å². The van der Waals surface area contributed by atoms with Gasteiger partial charge in [-0.2, -0.15) is 0 Å². The van der Waals surface area contributed by atoms with Crippen LogP contribution in [0.1, 0.15) is 4.88 Å². The Bertz CT molecular complexity index is 754. The summed E-state index contributed by atoms with van der Waals surface area (Å²) in [4.78, 5) is 20.4. The van der Waals surface area contributed by atoms with Crippen molar-refractivity contribution in [2.24, 2.45) is 0 Å². The van der Waals surface area contributed by atoms with Crippen molar-refractivity contribution in [1.29, 1.82) is 0 Å². The number of aromatic nitrogens is 2. The van der Waals surface area contributed by atoms with Crippen LogP contribution in [-0.4, -0.2) is 21.0 Å². The normalized spacial score (nSPS) is 10.5. The average molecular weight is 296 g/mol. The molecule has 1 N–H and O–H groups in total. The van der Waals surface area contributed by atoms with Crippen molar-refractivity contribution in [2.75, 3.05) is 0 Å². The van der Waals surface area contributed by atoms with Crippen LogP contribution in [0.5, 0.6) is 0 Å². The van der Waals surface area contributed by atoms with Gasteiger partial charge in [0.05, 0.1) is 12.1 Å². The van der Waals surface area contributed by atoms with E-state index in [9.17, 15) is 4.79 Å². The molecule has 2 heterocycles. The Morgan fingerprint density at radius 1 is 1.05 bits per heavy atom. The Morgan fingerprint density at radius 3 is 2.43 bits per heavy atom. The lowest BCUT2D eigenvalue weighted by molar-refractivity contribution is -0.136. The molecule has 0 aliphatic heterocycles. The van der Waals surface area contributed by atoms with Gasteiger partial charge in [0.25, 0.3) is 0 Å². The monoisotopic (exact) mass is 296 g/mol. The van der Waals surface area contributed by atoms with Gasteiger partial charge in [-0.15, -0.1) is 11.3 Å². The molecule has 2 aromatic heterocycles. The Balaban J connectivity index is 2.10. The van der Waals surface area contributed by atoms with E-state index in [1.165, 1.54) is 11.3 Å². The number of aliphatic carboxylic acids is 1. The van der Waals surface area contributed by atoms with E-state index in [-0.39, 0.29) is 6.42 Å². The molecule has 0 saturated heterocycles. The predicted octanol–water partition coefficient (Wildman–Crippen LogP) is 3.50. The molecule has 0 saturated carbocycles. The molecule has 5 heteroatoms. The largest absolute Gasteiger partial charge is 0.481 e. The molecule has 104 valence electrons. The summed E-state index contributed by atoms with van der Waals surface area (Å²) in [5.74, 6) is -0.853. The lowest BCUT2D eigenvalue weighted by atomic mass is 10.1. The molecular weight excluding hydrogens is 284 g/mol. The van der Waals surface area contributed by atoms with Crippen LogP contribution in [0.15, 0.2) is 54.9 Å². The second-order valence-corrected chi connectivity index (χ2v) is 5.55. The summed E-state index contributed by atoms with van der Waals surface area (Å²) in [6.07, 6.45) is 3.34. The molecule has 0 bridgehead atoms. The number of hydrogen-bond acceptors (Lipinski definition) is 4. The minimum absolute atomic E-state index is 0.0256. The van der Waals surface area contributed by atoms with E-state index in [0.717, 1.165) is 26.7 Å². The van der Waals surface area contributed by atoms with Crippen molar-refractivity contribution >= 4 is 17.3 Å². The van der Waals surface area contributed by atoms with Crippen LogP contribution in [0, 0.1) is 0 Å². The predicted molar refractivity (Wildman–Crippen MR) is 82.1 cm³/mol. The number of benzene rings is 1. The molecule has 0 fully saturated rings. The maximum Gasteiger partial charge on any atom is 0.308 e. The average Bonchev–Trinajstić information content (AvgIpc) is 2.92. The number of carboxylic acid groups (broad SMARTS) is 1. The standard InChI is InChI=1S/C16H12N2O2S/c19-14(20)10-13-15(11-6-8-17-9-7-11)18-16(21-13)12-4-2-1-3-5-12/h1-9H,10H2,(H,19,20). The van der Waals surface area contributed by atoms with Crippen LogP contribution in [0.4, 0.5) is 0 Å². The van der Waals surface area contributed by atoms with E-state index in [2.05, 4.69) is 9.97 Å². The molecule has 0 radical (unpaired) electrons. The van der Waals surface area contributed by atoms with E-state index < -0.39 is 5.97 Å². The maximum atomic E-state index is 11.1. The van der Waals surface area contributed by atoms with Crippen LogP contribution in [0.25, 0.3) is 21.8 Å². The Kier molecular flexibility index (Phi) is 3.75. The SMILES string of the molecule is O=C(O)Cc1sc(-c2ccccc2)nc1-c1ccncc1. The summed E-state index contributed by atoms with van der Waals surface area (Å²) in [6.45, 7) is 0. The van der Waals surface area contributed by atoms with Crippen molar-refractivity contribution in [3.63, 3.8) is 0 Å². The van der Waals surface area contributed by atoms with E-state index in [1.807, 2.05) is 42.5 Å². The number of hydrogen-bond donors (Lipinski definition) is 1. The van der Waals surface area contributed by atoms with E-state index in [4.69, 9.17) is 5.11 Å². The smallest absolute Gasteiger partial charge is 0.308 e. The van der Waals surface area contributed by atoms with E-state index >= 15 is 0 Å². The van der Waals surface area contributed by atoms with E-state index in [1.54, 1.807) is 12.4 Å². The fourth-order valence-electron chi connectivity index (χ4n) is 2.05. The van der Waals surface area contributed by atoms with Gasteiger partial charge in [0.2, 0.25) is 0 Å². The molecule has 0 unspecified atom stereocenters. The summed E-state index contributed by atoms with van der Waals surface area (Å²) in [7, 11) is 0. The van der Waals surface area contributed by atoms with Crippen molar-refractivity contribution in [1.82, 2.24) is 9.97 Å². The Morgan fingerprint density at radius 2 is 1.76 bits per heavy atom. The Labute approximate surface area is 125 Å². The number of pyridine rings is 1. The molecule has 0 spiro atoms. The Hall–Kier alpha value is -2.53. The highest BCUT2D eigenvalue weighted by atomic mass is 32.1. The summed E-state index contributed by atoms with van der Waals surface area (Å²) in [6, 6.07) is 13.5. The second kappa shape index (κ2) is 5.85. The molecule has 0 aliphatic rings. The lowest BCUT2D eigenvalue weighted by Crippen LogP contribution is -1.99. The molecule has 3 rings (SSSR count). The third-order valence-corrected chi connectivity index (χ3v) is 4.09. The van der Waals surface area contributed by atoms with E-state index in [0.29, 0.717) is 0 Å². The van der Waals surface area contributed by atoms with Crippen LogP contribution in [0.3, 0.4) is 0 Å². The minimum atomic E-state index is -0.853. The number of rotatable bonds is 4. The lowest BCUT2D eigenvalue weighted by Gasteiger charge is -1.99. The van der Waals surface area contributed by atoms with Gasteiger partial charge in [0.1, 0.15) is 5.01 Å². The first-order valence-corrected chi connectivity index (χ1v) is 7.23. The molecule has 1 aromatic carbocycles. The fraction of sp³-hybridized carbons (Fsp3) is 0.0625. The molecule has 21 heavy (non-hydrogen) atoms. The number of carboxylic acids is 1. The highest BCUT2D eigenvalue weighted by molar-refractivity contribution is 7.15. The zero-order valence-electron chi connectivity index (χ0n) is 11.1. The van der Waals surface area contributed by atoms with Gasteiger partial charge >= 0.3 is 5.97 Å². The molecule has 0 amide bonds. The van der Waals surface area contributed by atoms with Gasteiger partial charge in [0.15, 0.2) is 0 Å². The summed E-state index contributed by atoms with van der Waals surface area (Å²) in [5.41, 5.74) is 2.61. The molecule has 3 aromatic rings. The molecular formula is C16H12N2O2S. The van der Waals surface area contributed by atoms with Crippen molar-refractivity contribution in [3.8, 4) is 21.8 Å². The quantitative estimate of drug-likeness (QED) is 0.800. The topological polar surface area (TPSA) is 63.1 Å². The number of carbonyl (C=O) groups is 1. The van der Waals surface area contributed by atoms with Crippen LogP contribution < -0.4 is 0 Å². The molecule has 4 nitrogen and oxygen atoms in total. The van der Waals surface area contributed by atoms with Crippen LogP contribution in [-0.2, 0) is 11.2 Å². The zero-order chi connectivity index (χ0) is 14.7. The summed E-state index contributed by atoms with van der Waals surface area (Å²) in [5, 5.41) is 9.92. The fourth-order valence-corrected chi connectivity index (χ4v) is 3.13. The third kappa shape index (κ3) is 2.98. The number of thiazole rings is 1. The van der Waals surface area contributed by atoms with Crippen molar-refractivity contribution in [2.45, 2.75) is 6.42 Å². The van der Waals surface area contributed by atoms with Gasteiger partial charge in [-0.25, -0.2) is 4.98 Å². The van der Waals surface area contributed by atoms with Crippen LogP contribution in [0.2, 0.25) is 0 Å². The first-order valence-electron chi connectivity index (χ1n) is 6.41. The molecule has 0 atom stereocenters. The van der Waals surface area contributed by atoms with Gasteiger partial charge in [-0.1, -0.05) is 30.3 Å². The first-order chi connectivity index (χ1) is 10.2. The zero-order valence-corrected chi connectivity index (χ0v) is 11.9. The highest BCUT2D eigenvalue weighted by Crippen LogP contribution is 2.33.